The van der Waals surface area contributed by atoms with Crippen LogP contribution in [0.2, 0.25) is 0 Å². The number of aromatic nitrogens is 3. The number of aromatic amines is 1. The van der Waals surface area contributed by atoms with Gasteiger partial charge in [-0.3, -0.25) is 5.10 Å². The number of nitrogens with zero attached hydrogens (tertiary/aromatic N) is 2. The van der Waals surface area contributed by atoms with E-state index in [9.17, 15) is 5.11 Å². The van der Waals surface area contributed by atoms with Crippen LogP contribution in [0.4, 0.5) is 0 Å². The zero-order valence-electron chi connectivity index (χ0n) is 10.1. The van der Waals surface area contributed by atoms with Gasteiger partial charge < -0.3 is 9.67 Å². The Hall–Kier alpha value is -1.55. The molecule has 0 amide bonds. The molecular weight excluding hydrogens is 214 g/mol. The van der Waals surface area contributed by atoms with Gasteiger partial charge in [-0.25, -0.2) is 0 Å². The van der Waals surface area contributed by atoms with Crippen molar-refractivity contribution in [2.24, 2.45) is 5.41 Å². The van der Waals surface area contributed by atoms with Crippen LogP contribution in [-0.2, 0) is 6.42 Å². The summed E-state index contributed by atoms with van der Waals surface area (Å²) in [5.41, 5.74) is 3.43. The molecule has 17 heavy (non-hydrogen) atoms. The van der Waals surface area contributed by atoms with E-state index in [4.69, 9.17) is 0 Å². The molecule has 2 N–H and O–H groups in total. The second kappa shape index (κ2) is 3.47. The van der Waals surface area contributed by atoms with Crippen LogP contribution in [0.15, 0.2) is 24.7 Å². The highest BCUT2D eigenvalue weighted by Gasteiger charge is 2.33. The van der Waals surface area contributed by atoms with E-state index in [1.807, 2.05) is 18.5 Å². The molecule has 3 rings (SSSR count). The molecule has 0 radical (unpaired) electrons. The van der Waals surface area contributed by atoms with Crippen LogP contribution in [0, 0.1) is 5.41 Å². The van der Waals surface area contributed by atoms with Gasteiger partial charge in [0.05, 0.1) is 18.0 Å². The summed E-state index contributed by atoms with van der Waals surface area (Å²) in [6.07, 6.45) is 7.15. The van der Waals surface area contributed by atoms with Crippen LogP contribution in [0.1, 0.15) is 37.6 Å². The van der Waals surface area contributed by atoms with Gasteiger partial charge >= 0.3 is 0 Å². The Morgan fingerprint density at radius 2 is 2.35 bits per heavy atom. The third kappa shape index (κ3) is 1.69. The number of hydrogen-bond donors (Lipinski definition) is 2. The topological polar surface area (TPSA) is 53.8 Å². The summed E-state index contributed by atoms with van der Waals surface area (Å²) < 4.78 is 2.11. The largest absolute Gasteiger partial charge is 0.388 e. The first-order valence-electron chi connectivity index (χ1n) is 5.94. The van der Waals surface area contributed by atoms with Crippen LogP contribution in [0.3, 0.4) is 0 Å². The van der Waals surface area contributed by atoms with E-state index < -0.39 is 0 Å². The van der Waals surface area contributed by atoms with Crippen LogP contribution in [0.25, 0.3) is 5.69 Å². The number of H-pyrrole nitrogens is 1. The molecule has 2 aromatic heterocycles. The third-order valence-corrected chi connectivity index (χ3v) is 3.54. The van der Waals surface area contributed by atoms with E-state index in [2.05, 4.69) is 28.6 Å². The molecule has 0 aliphatic heterocycles. The zero-order chi connectivity index (χ0) is 12.0. The summed E-state index contributed by atoms with van der Waals surface area (Å²) in [4.78, 5) is 0. The van der Waals surface area contributed by atoms with Gasteiger partial charge in [0.2, 0.25) is 0 Å². The van der Waals surface area contributed by atoms with Crippen molar-refractivity contribution in [1.82, 2.24) is 14.8 Å². The lowest BCUT2D eigenvalue weighted by molar-refractivity contribution is 0.0987. The molecule has 1 unspecified atom stereocenters. The van der Waals surface area contributed by atoms with Crippen molar-refractivity contribution in [1.29, 1.82) is 0 Å². The lowest BCUT2D eigenvalue weighted by Crippen LogP contribution is -2.26. The Bertz CT molecular complexity index is 525. The van der Waals surface area contributed by atoms with E-state index >= 15 is 0 Å². The SMILES string of the molecule is CC1(C)Cc2c(ccn2-c2cn[nH]c2)C(O)C1. The Morgan fingerprint density at radius 3 is 3.06 bits per heavy atom. The van der Waals surface area contributed by atoms with Crippen molar-refractivity contribution in [3.05, 3.63) is 35.9 Å². The minimum Gasteiger partial charge on any atom is -0.388 e. The maximum absolute atomic E-state index is 10.2. The molecule has 0 saturated heterocycles. The van der Waals surface area contributed by atoms with Crippen molar-refractivity contribution in [2.75, 3.05) is 0 Å². The minimum atomic E-state index is -0.345. The van der Waals surface area contributed by atoms with Crippen molar-refractivity contribution in [3.63, 3.8) is 0 Å². The standard InChI is InChI=1S/C13H17N3O/c1-13(2)5-11-10(12(17)6-13)3-4-16(11)9-7-14-15-8-9/h3-4,7-8,12,17H,5-6H2,1-2H3,(H,14,15). The van der Waals surface area contributed by atoms with Crippen LogP contribution < -0.4 is 0 Å². The Kier molecular flexibility index (Phi) is 2.16. The number of nitrogens with one attached hydrogen (secondary N) is 1. The molecule has 0 spiro atoms. The predicted octanol–water partition coefficient (Wildman–Crippen LogP) is 2.21. The molecule has 1 atom stereocenters. The fourth-order valence-corrected chi connectivity index (χ4v) is 2.75. The summed E-state index contributed by atoms with van der Waals surface area (Å²) in [6, 6.07) is 2.02. The predicted molar refractivity (Wildman–Crippen MR) is 65.0 cm³/mol. The van der Waals surface area contributed by atoms with Crippen molar-refractivity contribution in [3.8, 4) is 5.69 Å². The van der Waals surface area contributed by atoms with Gasteiger partial charge in [0.1, 0.15) is 0 Å². The maximum atomic E-state index is 10.2. The molecule has 2 aromatic rings. The number of hydrogen-bond acceptors (Lipinski definition) is 2. The van der Waals surface area contributed by atoms with Gasteiger partial charge in [-0.2, -0.15) is 5.10 Å². The molecule has 0 fully saturated rings. The highest BCUT2D eigenvalue weighted by atomic mass is 16.3. The highest BCUT2D eigenvalue weighted by molar-refractivity contribution is 5.38. The van der Waals surface area contributed by atoms with Gasteiger partial charge in [0, 0.05) is 23.7 Å². The summed E-state index contributed by atoms with van der Waals surface area (Å²) in [5.74, 6) is 0. The lowest BCUT2D eigenvalue weighted by Gasteiger charge is -2.33. The molecule has 0 bridgehead atoms. The average Bonchev–Trinajstić information content (AvgIpc) is 2.82. The van der Waals surface area contributed by atoms with Crippen LogP contribution >= 0.6 is 0 Å². The second-order valence-corrected chi connectivity index (χ2v) is 5.61. The molecule has 0 aromatic carbocycles. The van der Waals surface area contributed by atoms with Crippen LogP contribution in [0.5, 0.6) is 0 Å². The smallest absolute Gasteiger partial charge is 0.0832 e. The van der Waals surface area contributed by atoms with Gasteiger partial charge in [-0.05, 0) is 24.3 Å². The van der Waals surface area contributed by atoms with Gasteiger partial charge in [-0.15, -0.1) is 0 Å². The summed E-state index contributed by atoms with van der Waals surface area (Å²) >= 11 is 0. The van der Waals surface area contributed by atoms with E-state index in [1.54, 1.807) is 6.20 Å². The number of rotatable bonds is 1. The number of fused-ring (bicyclic) bond motifs is 1. The van der Waals surface area contributed by atoms with E-state index in [0.717, 1.165) is 24.1 Å². The fourth-order valence-electron chi connectivity index (χ4n) is 2.75. The van der Waals surface area contributed by atoms with Crippen LogP contribution in [-0.4, -0.2) is 19.9 Å². The first-order chi connectivity index (χ1) is 8.07. The number of aliphatic hydroxyl groups excluding tert-OH is 1. The van der Waals surface area contributed by atoms with E-state index in [-0.39, 0.29) is 11.5 Å². The summed E-state index contributed by atoms with van der Waals surface area (Å²) in [5, 5.41) is 17.0. The molecule has 2 heterocycles. The fraction of sp³-hybridized carbons (Fsp3) is 0.462. The van der Waals surface area contributed by atoms with Crippen molar-refractivity contribution < 1.29 is 5.11 Å². The zero-order valence-corrected chi connectivity index (χ0v) is 10.1. The molecule has 1 aliphatic rings. The molecular formula is C13H17N3O. The maximum Gasteiger partial charge on any atom is 0.0832 e. The normalized spacial score (nSPS) is 22.4. The van der Waals surface area contributed by atoms with Crippen molar-refractivity contribution in [2.45, 2.75) is 32.8 Å². The Morgan fingerprint density at radius 1 is 1.53 bits per heavy atom. The first kappa shape index (κ1) is 10.6. The number of aliphatic hydroxyl groups is 1. The molecule has 4 heteroatoms. The third-order valence-electron chi connectivity index (χ3n) is 3.54. The Labute approximate surface area is 100 Å². The quantitative estimate of drug-likeness (QED) is 0.790. The molecule has 1 aliphatic carbocycles. The minimum absolute atomic E-state index is 0.145. The van der Waals surface area contributed by atoms with Gasteiger partial charge in [-0.1, -0.05) is 13.8 Å². The average molecular weight is 231 g/mol. The van der Waals surface area contributed by atoms with Gasteiger partial charge in [0.25, 0.3) is 0 Å². The summed E-state index contributed by atoms with van der Waals surface area (Å²) in [6.45, 7) is 4.40. The lowest BCUT2D eigenvalue weighted by atomic mass is 9.75. The monoisotopic (exact) mass is 231 g/mol. The summed E-state index contributed by atoms with van der Waals surface area (Å²) in [7, 11) is 0. The van der Waals surface area contributed by atoms with E-state index in [0.29, 0.717) is 0 Å². The molecule has 0 saturated carbocycles. The van der Waals surface area contributed by atoms with Crippen molar-refractivity contribution >= 4 is 0 Å². The molecule has 90 valence electrons. The highest BCUT2D eigenvalue weighted by Crippen LogP contribution is 2.41. The second-order valence-electron chi connectivity index (χ2n) is 5.61. The Balaban J connectivity index is 2.11. The molecule has 4 nitrogen and oxygen atoms in total. The van der Waals surface area contributed by atoms with E-state index in [1.165, 1.54) is 5.69 Å². The first-order valence-corrected chi connectivity index (χ1v) is 5.94. The van der Waals surface area contributed by atoms with Gasteiger partial charge in [0.15, 0.2) is 0 Å².